The number of carbonyl (C=O) groups excluding carboxylic acids is 1. The number of hydrogen-bond acceptors (Lipinski definition) is 3. The van der Waals surface area contributed by atoms with Gasteiger partial charge >= 0.3 is 0 Å². The first-order valence-electron chi connectivity index (χ1n) is 8.25. The summed E-state index contributed by atoms with van der Waals surface area (Å²) in [6.45, 7) is 5.24. The fourth-order valence-electron chi connectivity index (χ4n) is 3.25. The first-order valence-corrected chi connectivity index (χ1v) is 9.13. The van der Waals surface area contributed by atoms with Crippen molar-refractivity contribution >= 4 is 17.2 Å². The van der Waals surface area contributed by atoms with Crippen molar-refractivity contribution in [1.29, 1.82) is 0 Å². The normalized spacial score (nSPS) is 22.4. The quantitative estimate of drug-likeness (QED) is 0.835. The van der Waals surface area contributed by atoms with Gasteiger partial charge in [-0.2, -0.15) is 0 Å². The molecule has 0 N–H and O–H groups in total. The van der Waals surface area contributed by atoms with Crippen molar-refractivity contribution in [3.05, 3.63) is 58.0 Å². The summed E-state index contributed by atoms with van der Waals surface area (Å²) in [6, 6.07) is 10.5. The molecule has 1 aromatic carbocycles. The highest BCUT2D eigenvalue weighted by Crippen LogP contribution is 2.32. The zero-order valence-electron chi connectivity index (χ0n) is 13.9. The molecule has 0 bridgehead atoms. The van der Waals surface area contributed by atoms with Gasteiger partial charge in [0.1, 0.15) is 5.82 Å². The second-order valence-corrected chi connectivity index (χ2v) is 7.36. The average molecular weight is 347 g/mol. The third kappa shape index (κ3) is 4.02. The third-order valence-corrected chi connectivity index (χ3v) is 5.30. The fraction of sp³-hybridized carbons (Fsp3) is 0.421. The smallest absolute Gasteiger partial charge is 0.223 e. The van der Waals surface area contributed by atoms with E-state index in [0.29, 0.717) is 19.5 Å². The summed E-state index contributed by atoms with van der Waals surface area (Å²) >= 11 is 1.63. The highest BCUT2D eigenvalue weighted by molar-refractivity contribution is 7.10. The molecule has 0 aliphatic carbocycles. The van der Waals surface area contributed by atoms with Crippen LogP contribution in [0, 0.1) is 5.82 Å². The van der Waals surface area contributed by atoms with Gasteiger partial charge in [0, 0.05) is 30.3 Å². The number of nitrogens with zero attached hydrogens (tertiary/aromatic N) is 1. The Labute approximate surface area is 146 Å². The first-order chi connectivity index (χ1) is 11.5. The van der Waals surface area contributed by atoms with Gasteiger partial charge in [0.2, 0.25) is 5.91 Å². The predicted molar refractivity (Wildman–Crippen MR) is 93.8 cm³/mol. The van der Waals surface area contributed by atoms with E-state index in [-0.39, 0.29) is 29.9 Å². The lowest BCUT2D eigenvalue weighted by Crippen LogP contribution is -2.48. The molecule has 1 saturated heterocycles. The van der Waals surface area contributed by atoms with Gasteiger partial charge in [-0.05, 0) is 43.0 Å². The summed E-state index contributed by atoms with van der Waals surface area (Å²) in [7, 11) is 0. The summed E-state index contributed by atoms with van der Waals surface area (Å²) in [4.78, 5) is 15.9. The van der Waals surface area contributed by atoms with Crippen molar-refractivity contribution in [3.8, 4) is 0 Å². The summed E-state index contributed by atoms with van der Waals surface area (Å²) in [5.74, 6) is -0.169. The SMILES string of the molecule is CC1CN(C(=O)CC(c2ccc(F)cc2)c2cccs2)CC(C)O1. The number of rotatable bonds is 4. The van der Waals surface area contributed by atoms with Gasteiger partial charge in [-0.1, -0.05) is 18.2 Å². The molecular weight excluding hydrogens is 325 g/mol. The Bertz CT molecular complexity index is 661. The molecule has 1 fully saturated rings. The van der Waals surface area contributed by atoms with Gasteiger partial charge in [0.05, 0.1) is 12.2 Å². The molecule has 3 unspecified atom stereocenters. The van der Waals surface area contributed by atoms with Crippen LogP contribution in [0.2, 0.25) is 0 Å². The maximum atomic E-state index is 13.2. The standard InChI is InChI=1S/C19H22FNO2S/c1-13-11-21(12-14(2)23-13)19(22)10-17(18-4-3-9-24-18)15-5-7-16(20)8-6-15/h3-9,13-14,17H,10-12H2,1-2H3. The molecule has 5 heteroatoms. The number of ether oxygens (including phenoxy) is 1. The molecule has 3 rings (SSSR count). The molecule has 128 valence electrons. The molecule has 0 saturated carbocycles. The summed E-state index contributed by atoms with van der Waals surface area (Å²) in [5.41, 5.74) is 0.974. The third-order valence-electron chi connectivity index (χ3n) is 4.31. The molecule has 1 aliphatic heterocycles. The van der Waals surface area contributed by atoms with Crippen LogP contribution in [-0.2, 0) is 9.53 Å². The van der Waals surface area contributed by atoms with Gasteiger partial charge < -0.3 is 9.64 Å². The first kappa shape index (κ1) is 17.1. The molecule has 24 heavy (non-hydrogen) atoms. The van der Waals surface area contributed by atoms with E-state index in [2.05, 4.69) is 0 Å². The number of amides is 1. The molecule has 0 radical (unpaired) electrons. The van der Waals surface area contributed by atoms with Crippen molar-refractivity contribution in [2.24, 2.45) is 0 Å². The summed E-state index contributed by atoms with van der Waals surface area (Å²) < 4.78 is 19.0. The summed E-state index contributed by atoms with van der Waals surface area (Å²) in [5, 5.41) is 2.01. The molecule has 1 aliphatic rings. The van der Waals surface area contributed by atoms with Crippen LogP contribution >= 0.6 is 11.3 Å². The van der Waals surface area contributed by atoms with E-state index in [1.54, 1.807) is 23.5 Å². The van der Waals surface area contributed by atoms with E-state index >= 15 is 0 Å². The Hall–Kier alpha value is -1.72. The minimum absolute atomic E-state index is 0.0356. The molecule has 3 nitrogen and oxygen atoms in total. The van der Waals surface area contributed by atoms with E-state index in [1.807, 2.05) is 36.3 Å². The van der Waals surface area contributed by atoms with Gasteiger partial charge in [0.15, 0.2) is 0 Å². The van der Waals surface area contributed by atoms with Crippen LogP contribution in [0.15, 0.2) is 41.8 Å². The topological polar surface area (TPSA) is 29.5 Å². The van der Waals surface area contributed by atoms with Crippen molar-refractivity contribution in [2.45, 2.75) is 38.4 Å². The van der Waals surface area contributed by atoms with Crippen LogP contribution in [0.25, 0.3) is 0 Å². The van der Waals surface area contributed by atoms with Crippen molar-refractivity contribution in [1.82, 2.24) is 4.90 Å². The molecular formula is C19H22FNO2S. The maximum Gasteiger partial charge on any atom is 0.223 e. The van der Waals surface area contributed by atoms with Crippen LogP contribution in [0.4, 0.5) is 4.39 Å². The van der Waals surface area contributed by atoms with E-state index < -0.39 is 0 Å². The molecule has 3 atom stereocenters. The van der Waals surface area contributed by atoms with Gasteiger partial charge in [-0.15, -0.1) is 11.3 Å². The van der Waals surface area contributed by atoms with Crippen molar-refractivity contribution in [3.63, 3.8) is 0 Å². The Morgan fingerprint density at radius 3 is 2.50 bits per heavy atom. The lowest BCUT2D eigenvalue weighted by Gasteiger charge is -2.36. The van der Waals surface area contributed by atoms with Crippen LogP contribution in [-0.4, -0.2) is 36.1 Å². The summed E-state index contributed by atoms with van der Waals surface area (Å²) in [6.07, 6.45) is 0.512. The highest BCUT2D eigenvalue weighted by atomic mass is 32.1. The van der Waals surface area contributed by atoms with E-state index in [4.69, 9.17) is 4.74 Å². The zero-order valence-corrected chi connectivity index (χ0v) is 14.8. The van der Waals surface area contributed by atoms with Gasteiger partial charge in [-0.25, -0.2) is 4.39 Å². The fourth-order valence-corrected chi connectivity index (χ4v) is 4.11. The largest absolute Gasteiger partial charge is 0.372 e. The van der Waals surface area contributed by atoms with E-state index in [1.165, 1.54) is 12.1 Å². The predicted octanol–water partition coefficient (Wildman–Crippen LogP) is 4.05. The second kappa shape index (κ2) is 7.45. The Kier molecular flexibility index (Phi) is 5.31. The minimum atomic E-state index is -0.258. The highest BCUT2D eigenvalue weighted by Gasteiger charge is 2.28. The zero-order chi connectivity index (χ0) is 17.1. The number of benzene rings is 1. The Morgan fingerprint density at radius 1 is 1.25 bits per heavy atom. The number of morpholine rings is 1. The van der Waals surface area contributed by atoms with Crippen LogP contribution in [0.1, 0.15) is 36.6 Å². The van der Waals surface area contributed by atoms with Crippen LogP contribution in [0.3, 0.4) is 0 Å². The molecule has 2 heterocycles. The lowest BCUT2D eigenvalue weighted by atomic mass is 9.93. The van der Waals surface area contributed by atoms with Gasteiger partial charge in [0.25, 0.3) is 0 Å². The second-order valence-electron chi connectivity index (χ2n) is 6.38. The molecule has 0 spiro atoms. The van der Waals surface area contributed by atoms with E-state index in [0.717, 1.165) is 10.4 Å². The Morgan fingerprint density at radius 2 is 1.92 bits per heavy atom. The molecule has 1 amide bonds. The molecule has 1 aromatic heterocycles. The number of carbonyl (C=O) groups is 1. The lowest BCUT2D eigenvalue weighted by molar-refractivity contribution is -0.143. The van der Waals surface area contributed by atoms with Crippen LogP contribution in [0.5, 0.6) is 0 Å². The molecule has 2 aromatic rings. The average Bonchev–Trinajstić information content (AvgIpc) is 3.06. The van der Waals surface area contributed by atoms with Gasteiger partial charge in [-0.3, -0.25) is 4.79 Å². The van der Waals surface area contributed by atoms with E-state index in [9.17, 15) is 9.18 Å². The Balaban J connectivity index is 1.79. The number of halogens is 1. The minimum Gasteiger partial charge on any atom is -0.372 e. The van der Waals surface area contributed by atoms with Crippen molar-refractivity contribution < 1.29 is 13.9 Å². The monoisotopic (exact) mass is 347 g/mol. The number of thiophene rings is 1. The number of hydrogen-bond donors (Lipinski definition) is 0. The maximum absolute atomic E-state index is 13.2. The van der Waals surface area contributed by atoms with Crippen LogP contribution < -0.4 is 0 Å². The van der Waals surface area contributed by atoms with Crippen molar-refractivity contribution in [2.75, 3.05) is 13.1 Å².